The molecule has 0 aliphatic carbocycles. The average Bonchev–Trinajstić information content (AvgIpc) is 2.96. The molecule has 3 aromatic rings. The predicted molar refractivity (Wildman–Crippen MR) is 77.5 cm³/mol. The Balaban J connectivity index is 0.00000147. The topological polar surface area (TPSA) is 20.9 Å². The van der Waals surface area contributed by atoms with Crippen molar-refractivity contribution in [1.29, 1.82) is 0 Å². The van der Waals surface area contributed by atoms with Gasteiger partial charge in [-0.1, -0.05) is 18.2 Å². The van der Waals surface area contributed by atoms with Crippen molar-refractivity contribution >= 4 is 28.0 Å². The number of aromatic nitrogens is 1. The highest BCUT2D eigenvalue weighted by molar-refractivity contribution is 7.12. The number of ketones is 1. The number of halogens is 1. The summed E-state index contributed by atoms with van der Waals surface area (Å²) in [5.41, 5.74) is 2.34. The van der Waals surface area contributed by atoms with Crippen molar-refractivity contribution in [3.63, 3.8) is 0 Å². The molecule has 20 heavy (non-hydrogen) atoms. The van der Waals surface area contributed by atoms with Gasteiger partial charge in [-0.2, -0.15) is 4.57 Å². The van der Waals surface area contributed by atoms with Gasteiger partial charge in [0.2, 0.25) is 17.8 Å². The molecule has 3 rings (SSSR count). The molecule has 0 radical (unpaired) electrons. The molecular formula is C16H14BrNOS. The Morgan fingerprint density at radius 2 is 1.95 bits per heavy atom. The zero-order valence-corrected chi connectivity index (χ0v) is 13.4. The minimum absolute atomic E-state index is 0. The molecule has 2 heterocycles. The molecule has 0 unspecified atom stereocenters. The van der Waals surface area contributed by atoms with Crippen LogP contribution in [0.1, 0.15) is 15.2 Å². The molecule has 0 atom stereocenters. The standard InChI is InChI=1S/C16H14NOS.BrH/c1-12-8-9-17(14-6-3-2-5-13(12)14)11-15(18)16-7-4-10-19-16;/h2-10H,11H2,1H3;1H/q+1;/p-1. The molecule has 1 aromatic carbocycles. The van der Waals surface area contributed by atoms with E-state index in [-0.39, 0.29) is 22.8 Å². The summed E-state index contributed by atoms with van der Waals surface area (Å²) in [4.78, 5) is 13.0. The Morgan fingerprint density at radius 1 is 1.15 bits per heavy atom. The second kappa shape index (κ2) is 6.29. The lowest BCUT2D eigenvalue weighted by atomic mass is 10.1. The summed E-state index contributed by atoms with van der Waals surface area (Å²) < 4.78 is 2.02. The van der Waals surface area contributed by atoms with Gasteiger partial charge < -0.3 is 17.0 Å². The van der Waals surface area contributed by atoms with Crippen LogP contribution in [0.25, 0.3) is 10.9 Å². The maximum absolute atomic E-state index is 12.2. The number of para-hydroxylation sites is 1. The summed E-state index contributed by atoms with van der Waals surface area (Å²) in [6.45, 7) is 2.48. The van der Waals surface area contributed by atoms with Gasteiger partial charge in [-0.25, -0.2) is 0 Å². The molecule has 0 aliphatic rings. The highest BCUT2D eigenvalue weighted by atomic mass is 79.9. The SMILES string of the molecule is Cc1cc[n+](CC(=O)c2cccs2)c2ccccc12.[Br-]. The van der Waals surface area contributed by atoms with Crippen molar-refractivity contribution in [3.8, 4) is 0 Å². The smallest absolute Gasteiger partial charge is 0.237 e. The fraction of sp³-hybridized carbons (Fsp3) is 0.125. The van der Waals surface area contributed by atoms with E-state index >= 15 is 0 Å². The predicted octanol–water partition coefficient (Wildman–Crippen LogP) is 0.384. The second-order valence-corrected chi connectivity index (χ2v) is 5.49. The van der Waals surface area contributed by atoms with Gasteiger partial charge >= 0.3 is 0 Å². The van der Waals surface area contributed by atoms with Gasteiger partial charge in [-0.15, -0.1) is 11.3 Å². The molecule has 2 aromatic heterocycles. The quantitative estimate of drug-likeness (QED) is 0.495. The van der Waals surface area contributed by atoms with Crippen molar-refractivity contribution in [3.05, 3.63) is 64.5 Å². The number of rotatable bonds is 3. The fourth-order valence-corrected chi connectivity index (χ4v) is 2.89. The van der Waals surface area contributed by atoms with Gasteiger partial charge in [-0.3, -0.25) is 4.79 Å². The zero-order valence-electron chi connectivity index (χ0n) is 11.0. The Hall–Kier alpha value is -1.52. The number of hydrogen-bond donors (Lipinski definition) is 0. The van der Waals surface area contributed by atoms with Gasteiger partial charge in [0.05, 0.1) is 4.88 Å². The van der Waals surface area contributed by atoms with Crippen LogP contribution in [0.3, 0.4) is 0 Å². The van der Waals surface area contributed by atoms with E-state index in [2.05, 4.69) is 25.1 Å². The minimum Gasteiger partial charge on any atom is -1.00 e. The first-order chi connectivity index (χ1) is 9.25. The van der Waals surface area contributed by atoms with Crippen LogP contribution in [0.4, 0.5) is 0 Å². The fourth-order valence-electron chi connectivity index (χ4n) is 2.24. The van der Waals surface area contributed by atoms with Crippen LogP contribution >= 0.6 is 11.3 Å². The molecule has 0 spiro atoms. The van der Waals surface area contributed by atoms with E-state index in [0.29, 0.717) is 6.54 Å². The van der Waals surface area contributed by atoms with Gasteiger partial charge in [-0.05, 0) is 30.0 Å². The number of pyridine rings is 1. The number of Topliss-reactive ketones (excluding diaryl/α,β-unsaturated/α-hetero) is 1. The molecule has 0 fully saturated rings. The van der Waals surface area contributed by atoms with Crippen LogP contribution in [0, 0.1) is 6.92 Å². The van der Waals surface area contributed by atoms with E-state index in [1.165, 1.54) is 22.3 Å². The monoisotopic (exact) mass is 347 g/mol. The van der Waals surface area contributed by atoms with E-state index in [1.807, 2.05) is 40.4 Å². The molecule has 2 nitrogen and oxygen atoms in total. The van der Waals surface area contributed by atoms with Gasteiger partial charge in [0.15, 0.2) is 6.20 Å². The summed E-state index contributed by atoms with van der Waals surface area (Å²) >= 11 is 1.50. The molecule has 0 N–H and O–H groups in total. The lowest BCUT2D eigenvalue weighted by Gasteiger charge is -2.02. The highest BCUT2D eigenvalue weighted by Gasteiger charge is 2.16. The third-order valence-electron chi connectivity index (χ3n) is 3.25. The molecule has 0 amide bonds. The normalized spacial score (nSPS) is 10.2. The van der Waals surface area contributed by atoms with E-state index in [4.69, 9.17) is 0 Å². The number of thiophene rings is 1. The van der Waals surface area contributed by atoms with Crippen molar-refractivity contribution < 1.29 is 26.3 Å². The molecule has 102 valence electrons. The minimum atomic E-state index is 0. The van der Waals surface area contributed by atoms with Gasteiger partial charge in [0.1, 0.15) is 0 Å². The summed E-state index contributed by atoms with van der Waals surface area (Å²) in [5.74, 6) is 0.161. The highest BCUT2D eigenvalue weighted by Crippen LogP contribution is 2.14. The van der Waals surface area contributed by atoms with Crippen LogP contribution in [0.15, 0.2) is 54.0 Å². The number of carbonyl (C=O) groups is 1. The molecular weight excluding hydrogens is 334 g/mol. The van der Waals surface area contributed by atoms with Crippen molar-refractivity contribution in [1.82, 2.24) is 0 Å². The molecule has 4 heteroatoms. The summed E-state index contributed by atoms with van der Waals surface area (Å²) in [5, 5.41) is 3.13. The van der Waals surface area contributed by atoms with E-state index in [1.54, 1.807) is 0 Å². The number of fused-ring (bicyclic) bond motifs is 1. The maximum atomic E-state index is 12.2. The van der Waals surface area contributed by atoms with Crippen LogP contribution < -0.4 is 21.5 Å². The third-order valence-corrected chi connectivity index (χ3v) is 4.16. The number of carbonyl (C=O) groups excluding carboxylic acids is 1. The zero-order chi connectivity index (χ0) is 13.2. The largest absolute Gasteiger partial charge is 1.00 e. The van der Waals surface area contributed by atoms with Crippen molar-refractivity contribution in [2.75, 3.05) is 0 Å². The van der Waals surface area contributed by atoms with Crippen molar-refractivity contribution in [2.24, 2.45) is 0 Å². The lowest BCUT2D eigenvalue weighted by molar-refractivity contribution is -0.657. The van der Waals surface area contributed by atoms with Crippen LogP contribution in [-0.2, 0) is 6.54 Å². The summed E-state index contributed by atoms with van der Waals surface area (Å²) in [6, 6.07) is 14.0. The van der Waals surface area contributed by atoms with E-state index in [0.717, 1.165) is 10.4 Å². The summed E-state index contributed by atoms with van der Waals surface area (Å²) in [6.07, 6.45) is 1.99. The number of hydrogen-bond acceptors (Lipinski definition) is 2. The first-order valence-corrected chi connectivity index (χ1v) is 7.08. The molecule has 0 saturated heterocycles. The molecule has 0 aliphatic heterocycles. The first kappa shape index (κ1) is 14.9. The Morgan fingerprint density at radius 3 is 2.70 bits per heavy atom. The Labute approximate surface area is 132 Å². The number of benzene rings is 1. The Bertz CT molecular complexity index is 737. The van der Waals surface area contributed by atoms with Crippen LogP contribution in [0.5, 0.6) is 0 Å². The number of aryl methyl sites for hydroxylation is 1. The maximum Gasteiger partial charge on any atom is 0.237 e. The van der Waals surface area contributed by atoms with Crippen LogP contribution in [-0.4, -0.2) is 5.78 Å². The van der Waals surface area contributed by atoms with Gasteiger partial charge in [0, 0.05) is 17.5 Å². The van der Waals surface area contributed by atoms with Gasteiger partial charge in [0.25, 0.3) is 0 Å². The molecule has 0 saturated carbocycles. The Kier molecular flexibility index (Phi) is 4.68. The summed E-state index contributed by atoms with van der Waals surface area (Å²) in [7, 11) is 0. The molecule has 0 bridgehead atoms. The van der Waals surface area contributed by atoms with E-state index in [9.17, 15) is 4.79 Å². The average molecular weight is 348 g/mol. The van der Waals surface area contributed by atoms with E-state index < -0.39 is 0 Å². The second-order valence-electron chi connectivity index (χ2n) is 4.54. The lowest BCUT2D eigenvalue weighted by Crippen LogP contribution is -3.00. The van der Waals surface area contributed by atoms with Crippen LogP contribution in [0.2, 0.25) is 0 Å². The van der Waals surface area contributed by atoms with Crippen molar-refractivity contribution in [2.45, 2.75) is 13.5 Å². The number of nitrogens with zero attached hydrogens (tertiary/aromatic N) is 1. The third kappa shape index (κ3) is 2.81. The first-order valence-electron chi connectivity index (χ1n) is 6.20.